The van der Waals surface area contributed by atoms with Crippen molar-refractivity contribution in [1.82, 2.24) is 9.62 Å². The average molecular weight is 589 g/mol. The summed E-state index contributed by atoms with van der Waals surface area (Å²) >= 11 is 0. The number of sulfonamides is 1. The van der Waals surface area contributed by atoms with E-state index in [0.29, 0.717) is 11.3 Å². The number of aliphatic hydroxyl groups is 3. The monoisotopic (exact) mass is 588 g/mol. The fraction of sp³-hybridized carbons (Fsp3) is 0.444. The number of aromatic hydroxyl groups is 1. The summed E-state index contributed by atoms with van der Waals surface area (Å²) < 4.78 is 24.9. The Kier molecular flexibility index (Phi) is 7.47. The van der Waals surface area contributed by atoms with Gasteiger partial charge in [-0.05, 0) is 44.5 Å². The van der Waals surface area contributed by atoms with E-state index < -0.39 is 73.8 Å². The molecule has 1 aromatic carbocycles. The largest absolute Gasteiger partial charge is 0.510 e. The molecule has 14 heteroatoms. The van der Waals surface area contributed by atoms with Gasteiger partial charge in [0.05, 0.1) is 30.0 Å². The summed E-state index contributed by atoms with van der Waals surface area (Å²) in [4.78, 5) is 42.7. The van der Waals surface area contributed by atoms with Gasteiger partial charge in [-0.1, -0.05) is 11.8 Å². The van der Waals surface area contributed by atoms with Crippen LogP contribution in [0.15, 0.2) is 28.7 Å². The first-order chi connectivity index (χ1) is 18.9. The van der Waals surface area contributed by atoms with Crippen LogP contribution >= 0.6 is 0 Å². The second kappa shape index (κ2) is 10.2. The van der Waals surface area contributed by atoms with E-state index in [0.717, 1.165) is 6.26 Å². The number of nitrogens with one attached hydrogen (secondary N) is 1. The minimum Gasteiger partial charge on any atom is -0.510 e. The number of ketones is 2. The Morgan fingerprint density at radius 1 is 1.20 bits per heavy atom. The summed E-state index contributed by atoms with van der Waals surface area (Å²) in [6.07, 6.45) is 1.06. The number of amides is 1. The van der Waals surface area contributed by atoms with Crippen molar-refractivity contribution in [2.75, 3.05) is 45.9 Å². The quantitative estimate of drug-likeness (QED) is 0.183. The molecule has 4 unspecified atom stereocenters. The molecule has 3 aliphatic rings. The van der Waals surface area contributed by atoms with E-state index in [2.05, 4.69) is 16.6 Å². The highest BCUT2D eigenvalue weighted by Crippen LogP contribution is 2.53. The minimum atomic E-state index is -3.51. The van der Waals surface area contributed by atoms with Crippen LogP contribution in [0, 0.1) is 23.7 Å². The highest BCUT2D eigenvalue weighted by Gasteiger charge is 2.63. The zero-order valence-corrected chi connectivity index (χ0v) is 24.0. The van der Waals surface area contributed by atoms with Gasteiger partial charge in [-0.15, -0.1) is 0 Å². The van der Waals surface area contributed by atoms with E-state index in [1.165, 1.54) is 4.90 Å². The number of allylic oxidation sites excluding steroid dienone is 1. The molecule has 1 aromatic rings. The molecule has 13 nitrogen and oxygen atoms in total. The Hall–Kier alpha value is -3.90. The van der Waals surface area contributed by atoms with Gasteiger partial charge in [0.2, 0.25) is 15.8 Å². The van der Waals surface area contributed by atoms with Crippen molar-refractivity contribution in [2.24, 2.45) is 17.6 Å². The van der Waals surface area contributed by atoms with Gasteiger partial charge in [0, 0.05) is 31.3 Å². The van der Waals surface area contributed by atoms with Crippen LogP contribution in [0.1, 0.15) is 27.9 Å². The fourth-order valence-corrected chi connectivity index (χ4v) is 6.43. The van der Waals surface area contributed by atoms with E-state index in [4.69, 9.17) is 5.73 Å². The number of aliphatic hydroxyl groups excluding tert-OH is 2. The summed E-state index contributed by atoms with van der Waals surface area (Å²) in [5, 5.41) is 45.1. The number of phenols is 1. The SMILES string of the molecule is CN(C)c1cc(C#CCNS(C)(=O)=O)c(O)c2c1CC1CC3C(N(C)C)C(O)=C(C(N)=O)C(=O)C3(O)C(O)=C1C2=O. The van der Waals surface area contributed by atoms with Crippen LogP contribution in [-0.2, 0) is 26.0 Å². The van der Waals surface area contributed by atoms with E-state index in [-0.39, 0.29) is 36.1 Å². The van der Waals surface area contributed by atoms with Gasteiger partial charge in [0.1, 0.15) is 22.8 Å². The number of hydrogen-bond acceptors (Lipinski definition) is 11. The lowest BCUT2D eigenvalue weighted by atomic mass is 9.58. The van der Waals surface area contributed by atoms with Crippen LogP contribution in [0.5, 0.6) is 5.75 Å². The molecule has 1 amide bonds. The fourth-order valence-electron chi connectivity index (χ4n) is 6.10. The number of benzene rings is 1. The second-order valence-corrected chi connectivity index (χ2v) is 12.7. The average Bonchev–Trinajstić information content (AvgIpc) is 2.83. The molecule has 0 aliphatic heterocycles. The number of nitrogens with two attached hydrogens (primary N) is 1. The van der Waals surface area contributed by atoms with Gasteiger partial charge < -0.3 is 31.1 Å². The van der Waals surface area contributed by atoms with Crippen molar-refractivity contribution >= 4 is 33.2 Å². The molecule has 7 N–H and O–H groups in total. The molecule has 0 aromatic heterocycles. The molecule has 3 aliphatic carbocycles. The maximum atomic E-state index is 14.0. The Bertz CT molecular complexity index is 1610. The lowest BCUT2D eigenvalue weighted by Gasteiger charge is -2.50. The highest BCUT2D eigenvalue weighted by molar-refractivity contribution is 7.88. The normalized spacial score (nSPS) is 25.8. The van der Waals surface area contributed by atoms with Crippen LogP contribution in [0.3, 0.4) is 0 Å². The number of likely N-dealkylation sites (N-methyl/N-ethyl adjacent to an activating group) is 1. The molecule has 4 atom stereocenters. The first-order valence-corrected chi connectivity index (χ1v) is 14.5. The van der Waals surface area contributed by atoms with Crippen molar-refractivity contribution in [1.29, 1.82) is 0 Å². The van der Waals surface area contributed by atoms with Crippen molar-refractivity contribution in [3.8, 4) is 17.6 Å². The molecule has 0 spiro atoms. The number of anilines is 1. The minimum absolute atomic E-state index is 0.0207. The van der Waals surface area contributed by atoms with Crippen LogP contribution in [0.2, 0.25) is 0 Å². The number of carbonyl (C=O) groups excluding carboxylic acids is 3. The molecule has 0 saturated carbocycles. The van der Waals surface area contributed by atoms with Gasteiger partial charge in [0.15, 0.2) is 11.4 Å². The number of phenolic OH excluding ortho intramolecular Hbond substituents is 1. The number of primary amides is 1. The molecule has 41 heavy (non-hydrogen) atoms. The molecule has 0 bridgehead atoms. The van der Waals surface area contributed by atoms with Gasteiger partial charge in [-0.2, -0.15) is 0 Å². The molecule has 4 rings (SSSR count). The van der Waals surface area contributed by atoms with Crippen LogP contribution in [0.25, 0.3) is 0 Å². The molecular weight excluding hydrogens is 556 g/mol. The van der Waals surface area contributed by atoms with Crippen molar-refractivity contribution in [2.45, 2.75) is 24.5 Å². The van der Waals surface area contributed by atoms with Crippen molar-refractivity contribution < 1.29 is 43.2 Å². The van der Waals surface area contributed by atoms with E-state index in [9.17, 15) is 43.2 Å². The molecule has 0 radical (unpaired) electrons. The van der Waals surface area contributed by atoms with E-state index >= 15 is 0 Å². The number of fused-ring (bicyclic) bond motifs is 3. The number of nitrogens with zero attached hydrogens (tertiary/aromatic N) is 2. The second-order valence-electron chi connectivity index (χ2n) is 10.9. The van der Waals surface area contributed by atoms with E-state index in [1.807, 2.05) is 0 Å². The molecule has 0 saturated heterocycles. The summed E-state index contributed by atoms with van der Waals surface area (Å²) in [5.74, 6) is -2.16. The lowest BCUT2D eigenvalue weighted by Crippen LogP contribution is -2.63. The molecule has 0 heterocycles. The third kappa shape index (κ3) is 4.74. The smallest absolute Gasteiger partial charge is 0.255 e. The molecular formula is C27H32N4O9S. The van der Waals surface area contributed by atoms with Gasteiger partial charge in [-0.3, -0.25) is 19.3 Å². The summed E-state index contributed by atoms with van der Waals surface area (Å²) in [5.41, 5.74) is 2.28. The molecule has 0 fully saturated rings. The van der Waals surface area contributed by atoms with Gasteiger partial charge >= 0.3 is 0 Å². The van der Waals surface area contributed by atoms with Crippen molar-refractivity contribution in [3.05, 3.63) is 45.4 Å². The molecule has 220 valence electrons. The Labute approximate surface area is 237 Å². The Balaban J connectivity index is 1.92. The van der Waals surface area contributed by atoms with Crippen LogP contribution < -0.4 is 15.4 Å². The number of carbonyl (C=O) groups is 3. The summed E-state index contributed by atoms with van der Waals surface area (Å²) in [6.45, 7) is -0.249. The zero-order valence-electron chi connectivity index (χ0n) is 23.1. The Morgan fingerprint density at radius 2 is 1.83 bits per heavy atom. The zero-order chi connectivity index (χ0) is 30.8. The van der Waals surface area contributed by atoms with Gasteiger partial charge in [0.25, 0.3) is 5.91 Å². The van der Waals surface area contributed by atoms with Crippen LogP contribution in [0.4, 0.5) is 5.69 Å². The number of hydrogen-bond donors (Lipinski definition) is 6. The Morgan fingerprint density at radius 3 is 2.37 bits per heavy atom. The van der Waals surface area contributed by atoms with E-state index in [1.54, 1.807) is 39.2 Å². The van der Waals surface area contributed by atoms with Crippen molar-refractivity contribution in [3.63, 3.8) is 0 Å². The lowest BCUT2D eigenvalue weighted by molar-refractivity contribution is -0.148. The summed E-state index contributed by atoms with van der Waals surface area (Å²) in [6, 6.07) is 0.476. The maximum Gasteiger partial charge on any atom is 0.255 e. The third-order valence-electron chi connectivity index (χ3n) is 7.83. The summed E-state index contributed by atoms with van der Waals surface area (Å²) in [7, 11) is 3.05. The number of Topliss-reactive ketones (excluding diaryl/α,β-unsaturated/α-hetero) is 2. The topological polar surface area (TPSA) is 211 Å². The predicted molar refractivity (Wildman–Crippen MR) is 148 cm³/mol. The van der Waals surface area contributed by atoms with Crippen LogP contribution in [-0.4, -0.2) is 104 Å². The predicted octanol–water partition coefficient (Wildman–Crippen LogP) is -0.913. The maximum absolute atomic E-state index is 14.0. The third-order valence-corrected chi connectivity index (χ3v) is 8.50. The first kappa shape index (κ1) is 30.1. The highest BCUT2D eigenvalue weighted by atomic mass is 32.2. The number of rotatable bonds is 5. The first-order valence-electron chi connectivity index (χ1n) is 12.6. The standard InChI is InChI=1S/C27H32N4O9S/c1-30(2)16-11-12(7-6-8-29-41(5,39)40)21(32)18-14(16)9-13-10-15-20(31(3)4)23(34)19(26(28)37)25(36)27(15,38)24(35)17(13)22(18)33/h11,13,15,20,29,32,34-35,38H,8-10H2,1-5H3,(H2,28,37). The van der Waals surface area contributed by atoms with Gasteiger partial charge in [-0.25, -0.2) is 13.1 Å².